The monoisotopic (exact) mass is 413 g/mol. The van der Waals surface area contributed by atoms with Gasteiger partial charge in [-0.25, -0.2) is 13.2 Å². The Morgan fingerprint density at radius 3 is 2.62 bits per heavy atom. The molecule has 29 heavy (non-hydrogen) atoms. The van der Waals surface area contributed by atoms with Crippen molar-refractivity contribution in [3.05, 3.63) is 59.7 Å². The number of benzene rings is 2. The Hall–Kier alpha value is -2.38. The van der Waals surface area contributed by atoms with E-state index in [1.165, 1.54) is 5.56 Å². The molecule has 2 aliphatic rings. The SMILES string of the molecule is O=C(NCC1CCCCN1S(=O)(=O)c1ccc2c(c1)CCC2)Nc1ccccc1. The average Bonchev–Trinajstić information content (AvgIpc) is 3.21. The van der Waals surface area contributed by atoms with Gasteiger partial charge in [-0.15, -0.1) is 0 Å². The molecule has 1 saturated heterocycles. The molecule has 1 fully saturated rings. The minimum absolute atomic E-state index is 0.233. The highest BCUT2D eigenvalue weighted by atomic mass is 32.2. The molecule has 2 aromatic carbocycles. The molecule has 0 spiro atoms. The van der Waals surface area contributed by atoms with E-state index < -0.39 is 10.0 Å². The fraction of sp³-hybridized carbons (Fsp3) is 0.409. The number of hydrogen-bond donors (Lipinski definition) is 2. The maximum atomic E-state index is 13.3. The Morgan fingerprint density at radius 2 is 1.79 bits per heavy atom. The summed E-state index contributed by atoms with van der Waals surface area (Å²) in [6.07, 6.45) is 5.62. The molecule has 1 unspecified atom stereocenters. The van der Waals surface area contributed by atoms with Crippen molar-refractivity contribution in [1.82, 2.24) is 9.62 Å². The van der Waals surface area contributed by atoms with Gasteiger partial charge in [-0.1, -0.05) is 30.7 Å². The minimum Gasteiger partial charge on any atom is -0.336 e. The number of sulfonamides is 1. The van der Waals surface area contributed by atoms with E-state index in [9.17, 15) is 13.2 Å². The fourth-order valence-corrected chi connectivity index (χ4v) is 5.99. The third kappa shape index (κ3) is 4.46. The van der Waals surface area contributed by atoms with Gasteiger partial charge < -0.3 is 10.6 Å². The molecule has 0 saturated carbocycles. The summed E-state index contributed by atoms with van der Waals surface area (Å²) in [7, 11) is -3.58. The van der Waals surface area contributed by atoms with Gasteiger partial charge in [0.2, 0.25) is 10.0 Å². The van der Waals surface area contributed by atoms with Gasteiger partial charge in [-0.2, -0.15) is 4.31 Å². The quantitative estimate of drug-likeness (QED) is 0.787. The molecule has 2 amide bonds. The fourth-order valence-electron chi connectivity index (χ4n) is 4.25. The maximum Gasteiger partial charge on any atom is 0.319 e. The predicted octanol–water partition coefficient (Wildman–Crippen LogP) is 3.54. The number of hydrogen-bond acceptors (Lipinski definition) is 3. The van der Waals surface area contributed by atoms with Crippen molar-refractivity contribution in [3.8, 4) is 0 Å². The Labute approximate surface area is 172 Å². The van der Waals surface area contributed by atoms with Gasteiger partial charge in [0.15, 0.2) is 0 Å². The van der Waals surface area contributed by atoms with E-state index in [2.05, 4.69) is 10.6 Å². The van der Waals surface area contributed by atoms with Crippen molar-refractivity contribution < 1.29 is 13.2 Å². The predicted molar refractivity (Wildman–Crippen MR) is 113 cm³/mol. The lowest BCUT2D eigenvalue weighted by molar-refractivity contribution is 0.231. The Balaban J connectivity index is 1.45. The molecule has 154 valence electrons. The zero-order valence-corrected chi connectivity index (χ0v) is 17.2. The molecule has 0 bridgehead atoms. The van der Waals surface area contributed by atoms with E-state index in [1.54, 1.807) is 10.4 Å². The zero-order chi connectivity index (χ0) is 20.3. The van der Waals surface area contributed by atoms with Gasteiger partial charge in [0, 0.05) is 24.8 Å². The summed E-state index contributed by atoms with van der Waals surface area (Å²) < 4.78 is 28.2. The lowest BCUT2D eigenvalue weighted by atomic mass is 10.1. The van der Waals surface area contributed by atoms with Crippen LogP contribution in [0.2, 0.25) is 0 Å². The van der Waals surface area contributed by atoms with Gasteiger partial charge >= 0.3 is 6.03 Å². The molecule has 7 heteroatoms. The lowest BCUT2D eigenvalue weighted by Crippen LogP contribution is -2.49. The van der Waals surface area contributed by atoms with Gasteiger partial charge in [0.25, 0.3) is 0 Å². The van der Waals surface area contributed by atoms with Crippen molar-refractivity contribution in [1.29, 1.82) is 0 Å². The van der Waals surface area contributed by atoms with Crippen molar-refractivity contribution in [2.45, 2.75) is 49.5 Å². The van der Waals surface area contributed by atoms with E-state index in [0.29, 0.717) is 23.7 Å². The maximum absolute atomic E-state index is 13.3. The van der Waals surface area contributed by atoms with E-state index >= 15 is 0 Å². The highest BCUT2D eigenvalue weighted by Crippen LogP contribution is 2.29. The van der Waals surface area contributed by atoms with E-state index in [1.807, 2.05) is 42.5 Å². The summed E-state index contributed by atoms with van der Waals surface area (Å²) in [4.78, 5) is 12.6. The number of anilines is 1. The van der Waals surface area contributed by atoms with Crippen LogP contribution >= 0.6 is 0 Å². The largest absolute Gasteiger partial charge is 0.336 e. The van der Waals surface area contributed by atoms with Gasteiger partial charge in [-0.05, 0) is 67.5 Å². The number of carbonyl (C=O) groups is 1. The molecule has 1 heterocycles. The smallest absolute Gasteiger partial charge is 0.319 e. The number of para-hydroxylation sites is 1. The zero-order valence-electron chi connectivity index (χ0n) is 16.4. The normalized spacial score (nSPS) is 19.5. The van der Waals surface area contributed by atoms with Crippen molar-refractivity contribution in [2.24, 2.45) is 0 Å². The Bertz CT molecular complexity index is 976. The number of nitrogens with zero attached hydrogens (tertiary/aromatic N) is 1. The minimum atomic E-state index is -3.58. The first-order valence-corrected chi connectivity index (χ1v) is 11.7. The van der Waals surface area contributed by atoms with Crippen LogP contribution in [-0.2, 0) is 22.9 Å². The van der Waals surface area contributed by atoms with E-state index in [0.717, 1.165) is 44.1 Å². The third-order valence-corrected chi connectivity index (χ3v) is 7.73. The van der Waals surface area contributed by atoms with Crippen LogP contribution in [-0.4, -0.2) is 37.9 Å². The highest BCUT2D eigenvalue weighted by Gasteiger charge is 2.34. The lowest BCUT2D eigenvalue weighted by Gasteiger charge is -2.34. The molecule has 6 nitrogen and oxygen atoms in total. The van der Waals surface area contributed by atoms with E-state index in [4.69, 9.17) is 0 Å². The molecule has 0 aromatic heterocycles. The summed E-state index contributed by atoms with van der Waals surface area (Å²) in [6, 6.07) is 14.2. The number of rotatable bonds is 5. The van der Waals surface area contributed by atoms with Crippen LogP contribution in [0.5, 0.6) is 0 Å². The molecule has 2 N–H and O–H groups in total. The summed E-state index contributed by atoms with van der Waals surface area (Å²) in [5, 5.41) is 5.62. The van der Waals surface area contributed by atoms with Crippen LogP contribution < -0.4 is 10.6 Å². The van der Waals surface area contributed by atoms with Crippen molar-refractivity contribution in [2.75, 3.05) is 18.4 Å². The average molecular weight is 414 g/mol. The number of aryl methyl sites for hydroxylation is 2. The van der Waals surface area contributed by atoms with E-state index in [-0.39, 0.29) is 12.1 Å². The molecule has 1 aliphatic carbocycles. The molecule has 4 rings (SSSR count). The summed E-state index contributed by atoms with van der Waals surface area (Å²) in [5.74, 6) is 0. The summed E-state index contributed by atoms with van der Waals surface area (Å²) >= 11 is 0. The topological polar surface area (TPSA) is 78.5 Å². The second kappa shape index (κ2) is 8.55. The highest BCUT2D eigenvalue weighted by molar-refractivity contribution is 7.89. The molecular formula is C22H27N3O3S. The van der Waals surface area contributed by atoms with Crippen molar-refractivity contribution >= 4 is 21.7 Å². The number of nitrogens with one attached hydrogen (secondary N) is 2. The van der Waals surface area contributed by atoms with Gasteiger partial charge in [0.05, 0.1) is 4.90 Å². The molecule has 0 radical (unpaired) electrons. The first kappa shape index (κ1) is 19.9. The van der Waals surface area contributed by atoms with Gasteiger partial charge in [-0.3, -0.25) is 0 Å². The molecule has 2 aromatic rings. The first-order valence-electron chi connectivity index (χ1n) is 10.3. The number of fused-ring (bicyclic) bond motifs is 1. The van der Waals surface area contributed by atoms with Crippen molar-refractivity contribution in [3.63, 3.8) is 0 Å². The number of carbonyl (C=O) groups excluding carboxylic acids is 1. The Morgan fingerprint density at radius 1 is 1.00 bits per heavy atom. The standard InChI is InChI=1S/C22H27N3O3S/c26-22(24-19-9-2-1-3-10-19)23-16-20-11-4-5-14-25(20)29(27,28)21-13-12-17-7-6-8-18(17)15-21/h1-3,9-10,12-13,15,20H,4-8,11,14,16H2,(H2,23,24,26). The van der Waals surface area contributed by atoms with Crippen LogP contribution in [0.4, 0.5) is 10.5 Å². The second-order valence-electron chi connectivity index (χ2n) is 7.75. The van der Waals surface area contributed by atoms with Crippen LogP contribution in [0, 0.1) is 0 Å². The molecular weight excluding hydrogens is 386 g/mol. The number of piperidine rings is 1. The van der Waals surface area contributed by atoms with Crippen LogP contribution in [0.3, 0.4) is 0 Å². The third-order valence-electron chi connectivity index (χ3n) is 5.78. The number of urea groups is 1. The van der Waals surface area contributed by atoms with Crippen LogP contribution in [0.15, 0.2) is 53.4 Å². The summed E-state index contributed by atoms with van der Waals surface area (Å²) in [6.45, 7) is 0.787. The van der Waals surface area contributed by atoms with Crippen LogP contribution in [0.25, 0.3) is 0 Å². The molecule has 1 aliphatic heterocycles. The van der Waals surface area contributed by atoms with Crippen LogP contribution in [0.1, 0.15) is 36.8 Å². The summed E-state index contributed by atoms with van der Waals surface area (Å²) in [5.41, 5.74) is 3.12. The molecule has 1 atom stereocenters. The number of amides is 2. The Kier molecular flexibility index (Phi) is 5.87. The first-order chi connectivity index (χ1) is 14.0. The second-order valence-corrected chi connectivity index (χ2v) is 9.64. The van der Waals surface area contributed by atoms with Gasteiger partial charge in [0.1, 0.15) is 0 Å².